The number of ether oxygens (including phenoxy) is 1. The van der Waals surface area contributed by atoms with Crippen LogP contribution in [-0.2, 0) is 5.75 Å². The maximum atomic E-state index is 13.7. The van der Waals surface area contributed by atoms with Crippen molar-refractivity contribution in [1.29, 1.82) is 0 Å². The number of methoxy groups -OCH3 is 1. The minimum Gasteiger partial charge on any atom is -0.495 e. The van der Waals surface area contributed by atoms with Crippen molar-refractivity contribution < 1.29 is 4.74 Å². The normalized spacial score (nSPS) is 11.3. The predicted octanol–water partition coefficient (Wildman–Crippen LogP) is 4.61. The molecule has 3 aromatic heterocycles. The number of nitrogens with zero attached hydrogens (tertiary/aromatic N) is 5. The average molecular weight is 577 g/mol. The molecule has 2 aromatic carbocycles. The van der Waals surface area contributed by atoms with Crippen molar-refractivity contribution >= 4 is 68.0 Å². The first-order chi connectivity index (χ1) is 15.6. The zero-order chi connectivity index (χ0) is 22.2. The van der Waals surface area contributed by atoms with Gasteiger partial charge in [0.2, 0.25) is 0 Å². The number of nitrogens with one attached hydrogen (secondary N) is 1. The molecule has 160 valence electrons. The number of thioether (sulfide) groups is 1. The number of fused-ring (bicyclic) bond motifs is 2. The second kappa shape index (κ2) is 8.68. The Morgan fingerprint density at radius 1 is 1.22 bits per heavy atom. The summed E-state index contributed by atoms with van der Waals surface area (Å²) in [6.07, 6.45) is 3.04. The molecule has 11 heteroatoms. The SMILES string of the molecule is COc1ccc(I)cc1-n1c(CSc2ncnc3nc[nH]c23)nc2cccc(Cl)c2c1=O. The standard InChI is InChI=1S/C21H14ClIN6O2S/c1-31-15-6-5-11(23)7-14(15)29-16(28-13-4-2-3-12(22)17(13)21(29)30)8-32-20-18-19(25-9-24-18)26-10-27-20/h2-7,9-10H,8H2,1H3,(H,24,25,26,27). The lowest BCUT2D eigenvalue weighted by molar-refractivity contribution is 0.412. The van der Waals surface area contributed by atoms with Crippen LogP contribution in [0, 0.1) is 3.57 Å². The molecule has 0 aliphatic carbocycles. The van der Waals surface area contributed by atoms with E-state index < -0.39 is 0 Å². The highest BCUT2D eigenvalue weighted by Crippen LogP contribution is 2.30. The quantitative estimate of drug-likeness (QED) is 0.185. The molecule has 0 saturated carbocycles. The summed E-state index contributed by atoms with van der Waals surface area (Å²) in [6.45, 7) is 0. The fraction of sp³-hybridized carbons (Fsp3) is 0.0952. The number of aromatic nitrogens is 6. The van der Waals surface area contributed by atoms with Crippen molar-refractivity contribution in [3.8, 4) is 11.4 Å². The summed E-state index contributed by atoms with van der Waals surface area (Å²) >= 11 is 10.0. The van der Waals surface area contributed by atoms with E-state index in [0.29, 0.717) is 49.6 Å². The van der Waals surface area contributed by atoms with Gasteiger partial charge >= 0.3 is 0 Å². The molecule has 32 heavy (non-hydrogen) atoms. The Kier molecular flexibility index (Phi) is 5.74. The number of imidazole rings is 1. The van der Waals surface area contributed by atoms with Gasteiger partial charge in [0.15, 0.2) is 5.65 Å². The highest BCUT2D eigenvalue weighted by atomic mass is 127. The molecule has 0 radical (unpaired) electrons. The van der Waals surface area contributed by atoms with Crippen molar-refractivity contribution in [3.63, 3.8) is 0 Å². The summed E-state index contributed by atoms with van der Waals surface area (Å²) < 4.78 is 8.07. The molecule has 8 nitrogen and oxygen atoms in total. The minimum absolute atomic E-state index is 0.258. The van der Waals surface area contributed by atoms with Crippen LogP contribution in [0.25, 0.3) is 27.8 Å². The monoisotopic (exact) mass is 576 g/mol. The zero-order valence-electron chi connectivity index (χ0n) is 16.5. The fourth-order valence-electron chi connectivity index (χ4n) is 3.40. The van der Waals surface area contributed by atoms with Crippen LogP contribution in [0.4, 0.5) is 0 Å². The number of halogens is 2. The molecule has 5 aromatic rings. The Bertz CT molecular complexity index is 1540. The van der Waals surface area contributed by atoms with Crippen LogP contribution < -0.4 is 10.3 Å². The molecule has 5 rings (SSSR count). The van der Waals surface area contributed by atoms with Gasteiger partial charge in [0, 0.05) is 3.57 Å². The van der Waals surface area contributed by atoms with Crippen LogP contribution in [0.15, 0.2) is 58.9 Å². The van der Waals surface area contributed by atoms with Gasteiger partial charge in [0.1, 0.15) is 28.4 Å². The predicted molar refractivity (Wildman–Crippen MR) is 133 cm³/mol. The maximum Gasteiger partial charge on any atom is 0.267 e. The van der Waals surface area contributed by atoms with Gasteiger partial charge in [-0.2, -0.15) is 0 Å². The maximum absolute atomic E-state index is 13.7. The molecular formula is C21H14ClIN6O2S. The Balaban J connectivity index is 1.71. The molecular weight excluding hydrogens is 563 g/mol. The Morgan fingerprint density at radius 2 is 2.09 bits per heavy atom. The zero-order valence-corrected chi connectivity index (χ0v) is 20.3. The van der Waals surface area contributed by atoms with Crippen LogP contribution in [-0.4, -0.2) is 36.6 Å². The number of H-pyrrole nitrogens is 1. The third-order valence-corrected chi connectivity index (χ3v) is 6.80. The van der Waals surface area contributed by atoms with Crippen LogP contribution in [0.3, 0.4) is 0 Å². The summed E-state index contributed by atoms with van der Waals surface area (Å²) in [4.78, 5) is 34.2. The summed E-state index contributed by atoms with van der Waals surface area (Å²) in [6, 6.07) is 10.9. The van der Waals surface area contributed by atoms with E-state index in [-0.39, 0.29) is 5.56 Å². The first kappa shape index (κ1) is 21.2. The molecule has 0 unspecified atom stereocenters. The van der Waals surface area contributed by atoms with Gasteiger partial charge in [-0.25, -0.2) is 19.9 Å². The Hall–Kier alpha value is -2.70. The summed E-state index contributed by atoms with van der Waals surface area (Å²) in [5.41, 5.74) is 2.20. The molecule has 0 amide bonds. The van der Waals surface area contributed by atoms with Gasteiger partial charge < -0.3 is 9.72 Å². The molecule has 0 bridgehead atoms. The van der Waals surface area contributed by atoms with E-state index >= 15 is 0 Å². The van der Waals surface area contributed by atoms with Crippen molar-refractivity contribution in [2.75, 3.05) is 7.11 Å². The lowest BCUT2D eigenvalue weighted by Crippen LogP contribution is -2.24. The number of aromatic amines is 1. The lowest BCUT2D eigenvalue weighted by Gasteiger charge is -2.17. The molecule has 3 heterocycles. The van der Waals surface area contributed by atoms with Gasteiger partial charge in [0.05, 0.1) is 40.8 Å². The number of hydrogen-bond acceptors (Lipinski definition) is 7. The Labute approximate surface area is 204 Å². The van der Waals surface area contributed by atoms with Gasteiger partial charge in [-0.15, -0.1) is 0 Å². The topological polar surface area (TPSA) is 98.6 Å². The molecule has 0 saturated heterocycles. The molecule has 0 spiro atoms. The van der Waals surface area contributed by atoms with E-state index in [1.54, 1.807) is 36.2 Å². The second-order valence-corrected chi connectivity index (χ2v) is 9.30. The lowest BCUT2D eigenvalue weighted by atomic mass is 10.2. The summed E-state index contributed by atoms with van der Waals surface area (Å²) in [7, 11) is 1.57. The van der Waals surface area contributed by atoms with Crippen molar-refractivity contribution in [2.24, 2.45) is 0 Å². The Morgan fingerprint density at radius 3 is 2.94 bits per heavy atom. The largest absolute Gasteiger partial charge is 0.495 e. The van der Waals surface area contributed by atoms with E-state index in [1.807, 2.05) is 18.2 Å². The van der Waals surface area contributed by atoms with Gasteiger partial charge in [-0.05, 0) is 52.9 Å². The van der Waals surface area contributed by atoms with Gasteiger partial charge in [-0.3, -0.25) is 9.36 Å². The number of hydrogen-bond donors (Lipinski definition) is 1. The van der Waals surface area contributed by atoms with E-state index in [1.165, 1.54) is 18.1 Å². The summed E-state index contributed by atoms with van der Waals surface area (Å²) in [5, 5.41) is 1.43. The van der Waals surface area contributed by atoms with Crippen LogP contribution >= 0.6 is 46.0 Å². The van der Waals surface area contributed by atoms with E-state index in [2.05, 4.69) is 42.5 Å². The van der Waals surface area contributed by atoms with Gasteiger partial charge in [0.25, 0.3) is 5.56 Å². The third kappa shape index (κ3) is 3.71. The van der Waals surface area contributed by atoms with Crippen LogP contribution in [0.5, 0.6) is 5.75 Å². The van der Waals surface area contributed by atoms with Crippen LogP contribution in [0.2, 0.25) is 5.02 Å². The minimum atomic E-state index is -0.258. The molecule has 0 atom stereocenters. The molecule has 0 aliphatic heterocycles. The van der Waals surface area contributed by atoms with Crippen LogP contribution in [0.1, 0.15) is 5.82 Å². The number of benzene rings is 2. The highest BCUT2D eigenvalue weighted by Gasteiger charge is 2.19. The molecule has 0 aliphatic rings. The fourth-order valence-corrected chi connectivity index (χ4v) is 5.00. The van der Waals surface area contributed by atoms with Crippen molar-refractivity contribution in [3.05, 3.63) is 73.8 Å². The first-order valence-electron chi connectivity index (χ1n) is 9.37. The number of rotatable bonds is 5. The highest BCUT2D eigenvalue weighted by molar-refractivity contribution is 14.1. The summed E-state index contributed by atoms with van der Waals surface area (Å²) in [5.74, 6) is 1.48. The van der Waals surface area contributed by atoms with Gasteiger partial charge in [-0.1, -0.05) is 29.4 Å². The molecule has 1 N–H and O–H groups in total. The third-order valence-electron chi connectivity index (χ3n) is 4.82. The van der Waals surface area contributed by atoms with E-state index in [0.717, 1.165) is 9.09 Å². The second-order valence-electron chi connectivity index (χ2n) is 6.69. The smallest absolute Gasteiger partial charge is 0.267 e. The van der Waals surface area contributed by atoms with E-state index in [4.69, 9.17) is 21.3 Å². The van der Waals surface area contributed by atoms with Crippen molar-refractivity contribution in [1.82, 2.24) is 29.5 Å². The molecule has 0 fully saturated rings. The van der Waals surface area contributed by atoms with Crippen molar-refractivity contribution in [2.45, 2.75) is 10.8 Å². The average Bonchev–Trinajstić information content (AvgIpc) is 3.27. The first-order valence-corrected chi connectivity index (χ1v) is 11.8. The van der Waals surface area contributed by atoms with E-state index in [9.17, 15) is 4.79 Å².